The number of nitrogens with zero attached hydrogens (tertiary/aromatic N) is 2. The Morgan fingerprint density at radius 1 is 1.10 bits per heavy atom. The summed E-state index contributed by atoms with van der Waals surface area (Å²) in [7, 11) is 0. The van der Waals surface area contributed by atoms with Crippen molar-refractivity contribution >= 4 is 23.7 Å². The van der Waals surface area contributed by atoms with Gasteiger partial charge in [-0.05, 0) is 50.1 Å². The molecule has 1 atom stereocenters. The van der Waals surface area contributed by atoms with E-state index in [0.717, 1.165) is 11.3 Å². The van der Waals surface area contributed by atoms with Crippen molar-refractivity contribution in [3.8, 4) is 0 Å². The van der Waals surface area contributed by atoms with Crippen molar-refractivity contribution in [1.29, 1.82) is 0 Å². The number of hydrogen-bond acceptors (Lipinski definition) is 5. The summed E-state index contributed by atoms with van der Waals surface area (Å²) in [6, 6.07) is 14.0. The second-order valence-corrected chi connectivity index (χ2v) is 7.65. The van der Waals surface area contributed by atoms with E-state index in [-0.39, 0.29) is 29.8 Å². The maximum Gasteiger partial charge on any atom is 0.409 e. The van der Waals surface area contributed by atoms with Crippen molar-refractivity contribution in [1.82, 2.24) is 9.80 Å². The van der Waals surface area contributed by atoms with Gasteiger partial charge in [-0.25, -0.2) is 9.59 Å². The minimum Gasteiger partial charge on any atom is -0.478 e. The van der Waals surface area contributed by atoms with Crippen LogP contribution in [0.3, 0.4) is 0 Å². The molecule has 0 aromatic heterocycles. The predicted octanol–water partition coefficient (Wildman–Crippen LogP) is 3.57. The topological polar surface area (TPSA) is 99.2 Å². The highest BCUT2D eigenvalue weighted by Crippen LogP contribution is 2.38. The number of hydrogen-bond donors (Lipinski definition) is 2. The zero-order valence-electron chi connectivity index (χ0n) is 17.3. The Bertz CT molecular complexity index is 983. The molecule has 162 valence electrons. The molecule has 0 radical (unpaired) electrons. The van der Waals surface area contributed by atoms with Crippen LogP contribution >= 0.6 is 0 Å². The SMILES string of the molecule is CCOC(=O)N1CCC(N2C(=O)c3ccccc3[C@H]2Nc2ccc(C(=O)O)cc2)CC1. The van der Waals surface area contributed by atoms with Crippen LogP contribution in [-0.2, 0) is 4.74 Å². The van der Waals surface area contributed by atoms with Gasteiger partial charge in [0.15, 0.2) is 0 Å². The monoisotopic (exact) mass is 423 g/mol. The first-order valence-corrected chi connectivity index (χ1v) is 10.4. The van der Waals surface area contributed by atoms with Crippen molar-refractivity contribution in [2.45, 2.75) is 32.0 Å². The predicted molar refractivity (Wildman–Crippen MR) is 114 cm³/mol. The third kappa shape index (κ3) is 4.05. The highest BCUT2D eigenvalue weighted by molar-refractivity contribution is 5.99. The lowest BCUT2D eigenvalue weighted by atomic mass is 10.0. The first kappa shape index (κ1) is 20.7. The number of carboxylic acid groups (broad SMARTS) is 1. The van der Waals surface area contributed by atoms with E-state index in [1.807, 2.05) is 29.2 Å². The van der Waals surface area contributed by atoms with Gasteiger partial charge in [0.1, 0.15) is 6.17 Å². The lowest BCUT2D eigenvalue weighted by Crippen LogP contribution is -2.49. The number of fused-ring (bicyclic) bond motifs is 1. The summed E-state index contributed by atoms with van der Waals surface area (Å²) in [5.41, 5.74) is 2.49. The number of carbonyl (C=O) groups is 3. The molecular formula is C23H25N3O5. The van der Waals surface area contributed by atoms with E-state index >= 15 is 0 Å². The van der Waals surface area contributed by atoms with Gasteiger partial charge in [0.2, 0.25) is 0 Å². The fourth-order valence-electron chi connectivity index (χ4n) is 4.27. The van der Waals surface area contributed by atoms with Crippen LogP contribution in [0, 0.1) is 0 Å². The molecule has 0 bridgehead atoms. The van der Waals surface area contributed by atoms with Crippen molar-refractivity contribution in [2.24, 2.45) is 0 Å². The smallest absolute Gasteiger partial charge is 0.409 e. The Labute approximate surface area is 180 Å². The Morgan fingerprint density at radius 2 is 1.77 bits per heavy atom. The van der Waals surface area contributed by atoms with Crippen molar-refractivity contribution in [2.75, 3.05) is 25.0 Å². The summed E-state index contributed by atoms with van der Waals surface area (Å²) in [6.07, 6.45) is 0.646. The molecule has 0 aliphatic carbocycles. The molecule has 2 aromatic rings. The number of piperidine rings is 1. The number of carboxylic acids is 1. The van der Waals surface area contributed by atoms with Crippen molar-refractivity contribution in [3.63, 3.8) is 0 Å². The van der Waals surface area contributed by atoms with Gasteiger partial charge in [-0.3, -0.25) is 4.79 Å². The van der Waals surface area contributed by atoms with Crippen LogP contribution in [-0.4, -0.2) is 58.6 Å². The van der Waals surface area contributed by atoms with Gasteiger partial charge in [-0.1, -0.05) is 18.2 Å². The summed E-state index contributed by atoms with van der Waals surface area (Å²) < 4.78 is 5.09. The molecule has 2 aliphatic rings. The fourth-order valence-corrected chi connectivity index (χ4v) is 4.27. The van der Waals surface area contributed by atoms with Gasteiger partial charge in [0, 0.05) is 35.9 Å². The molecule has 2 aliphatic heterocycles. The number of nitrogens with one attached hydrogen (secondary N) is 1. The largest absolute Gasteiger partial charge is 0.478 e. The second kappa shape index (κ2) is 8.67. The van der Waals surface area contributed by atoms with Crippen molar-refractivity contribution < 1.29 is 24.2 Å². The molecule has 0 spiro atoms. The highest BCUT2D eigenvalue weighted by Gasteiger charge is 2.42. The summed E-state index contributed by atoms with van der Waals surface area (Å²) in [5.74, 6) is -1.02. The standard InChI is InChI=1S/C23H25N3O5/c1-2-31-23(30)25-13-11-17(12-14-25)26-20(18-5-3-4-6-19(18)21(26)27)24-16-9-7-15(8-10-16)22(28)29/h3-10,17,20,24H,2,11-14H2,1H3,(H,28,29)/t20-/m0/s1. The van der Waals surface area contributed by atoms with Gasteiger partial charge >= 0.3 is 12.1 Å². The Balaban J connectivity index is 1.55. The molecule has 2 N–H and O–H groups in total. The number of anilines is 1. The lowest BCUT2D eigenvalue weighted by Gasteiger charge is -2.39. The molecule has 4 rings (SSSR count). The average molecular weight is 423 g/mol. The number of likely N-dealkylation sites (tertiary alicyclic amines) is 1. The molecule has 8 nitrogen and oxygen atoms in total. The molecule has 2 amide bonds. The van der Waals surface area contributed by atoms with E-state index in [9.17, 15) is 14.4 Å². The second-order valence-electron chi connectivity index (χ2n) is 7.65. The van der Waals surface area contributed by atoms with Gasteiger partial charge in [-0.2, -0.15) is 0 Å². The van der Waals surface area contributed by atoms with Crippen LogP contribution in [0.1, 0.15) is 52.2 Å². The fraction of sp³-hybridized carbons (Fsp3) is 0.348. The summed E-state index contributed by atoms with van der Waals surface area (Å²) in [6.45, 7) is 3.18. The maximum absolute atomic E-state index is 13.3. The average Bonchev–Trinajstić information content (AvgIpc) is 3.06. The molecule has 8 heteroatoms. The van der Waals surface area contributed by atoms with E-state index < -0.39 is 5.97 Å². The van der Waals surface area contributed by atoms with E-state index in [4.69, 9.17) is 9.84 Å². The summed E-state index contributed by atoms with van der Waals surface area (Å²) in [5, 5.41) is 12.5. The number of rotatable bonds is 5. The molecule has 2 heterocycles. The first-order chi connectivity index (χ1) is 15.0. The number of benzene rings is 2. The Hall–Kier alpha value is -3.55. The zero-order chi connectivity index (χ0) is 22.0. The molecule has 2 aromatic carbocycles. The molecule has 0 unspecified atom stereocenters. The minimum atomic E-state index is -0.983. The lowest BCUT2D eigenvalue weighted by molar-refractivity contribution is 0.0496. The minimum absolute atomic E-state index is 0.0265. The van der Waals surface area contributed by atoms with Crippen LogP contribution < -0.4 is 5.32 Å². The maximum atomic E-state index is 13.3. The molecule has 1 fully saturated rings. The number of amides is 2. The normalized spacial score (nSPS) is 18.6. The molecular weight excluding hydrogens is 398 g/mol. The van der Waals surface area contributed by atoms with Gasteiger partial charge in [0.25, 0.3) is 5.91 Å². The number of ether oxygens (including phenoxy) is 1. The van der Waals surface area contributed by atoms with Crippen molar-refractivity contribution in [3.05, 3.63) is 65.2 Å². The molecule has 0 saturated carbocycles. The quantitative estimate of drug-likeness (QED) is 0.763. The Morgan fingerprint density at radius 3 is 2.42 bits per heavy atom. The van der Waals surface area contributed by atoms with E-state index in [0.29, 0.717) is 38.1 Å². The first-order valence-electron chi connectivity index (χ1n) is 10.4. The third-order valence-electron chi connectivity index (χ3n) is 5.82. The van der Waals surface area contributed by atoms with E-state index in [2.05, 4.69) is 5.32 Å². The number of carbonyl (C=O) groups excluding carboxylic acids is 2. The third-order valence-corrected chi connectivity index (χ3v) is 5.82. The van der Waals surface area contributed by atoms with Crippen LogP contribution in [0.4, 0.5) is 10.5 Å². The van der Waals surface area contributed by atoms with Gasteiger partial charge in [0.05, 0.1) is 12.2 Å². The van der Waals surface area contributed by atoms with E-state index in [1.165, 1.54) is 12.1 Å². The van der Waals surface area contributed by atoms with Crippen LogP contribution in [0.2, 0.25) is 0 Å². The zero-order valence-corrected chi connectivity index (χ0v) is 17.3. The van der Waals surface area contributed by atoms with E-state index in [1.54, 1.807) is 24.0 Å². The molecule has 31 heavy (non-hydrogen) atoms. The Kier molecular flexibility index (Phi) is 5.79. The summed E-state index contributed by atoms with van der Waals surface area (Å²) in [4.78, 5) is 39.9. The summed E-state index contributed by atoms with van der Waals surface area (Å²) >= 11 is 0. The van der Waals surface area contributed by atoms with Crippen LogP contribution in [0.25, 0.3) is 0 Å². The van der Waals surface area contributed by atoms with Crippen LogP contribution in [0.15, 0.2) is 48.5 Å². The van der Waals surface area contributed by atoms with Gasteiger partial charge in [-0.15, -0.1) is 0 Å². The van der Waals surface area contributed by atoms with Gasteiger partial charge < -0.3 is 25.0 Å². The highest BCUT2D eigenvalue weighted by atomic mass is 16.6. The molecule has 1 saturated heterocycles. The number of aromatic carboxylic acids is 1. The van der Waals surface area contributed by atoms with Crippen LogP contribution in [0.5, 0.6) is 0 Å².